The Labute approximate surface area is 339 Å². The van der Waals surface area contributed by atoms with Gasteiger partial charge in [0, 0.05) is 70.2 Å². The van der Waals surface area contributed by atoms with Crippen LogP contribution < -0.4 is 4.90 Å². The fraction of sp³-hybridized carbons (Fsp3) is 0. The summed E-state index contributed by atoms with van der Waals surface area (Å²) in [5, 5.41) is 7.60. The van der Waals surface area contributed by atoms with Crippen molar-refractivity contribution in [2.24, 2.45) is 0 Å². The first-order valence-electron chi connectivity index (χ1n) is 19.8. The zero-order chi connectivity index (χ0) is 38.2. The van der Waals surface area contributed by atoms with Crippen molar-refractivity contribution in [1.29, 1.82) is 0 Å². The summed E-state index contributed by atoms with van der Waals surface area (Å²) in [7, 11) is 0. The van der Waals surface area contributed by atoms with Gasteiger partial charge in [0.1, 0.15) is 0 Å². The van der Waals surface area contributed by atoms with E-state index in [2.05, 4.69) is 226 Å². The van der Waals surface area contributed by atoms with Crippen LogP contribution in [-0.2, 0) is 0 Å². The summed E-state index contributed by atoms with van der Waals surface area (Å²) >= 11 is 1.87. The molecular formula is C54H35N3S. The molecule has 0 atom stereocenters. The SMILES string of the molecule is c1ccc(N(c2ccccc2)c2ccc3c(c2)sc2cc(-n4c5ccccc5c5c(-c6ccc7c8ccccc8n(-c8ccccc8)c7c6)cccc54)ccc23)cc1. The number of anilines is 3. The summed E-state index contributed by atoms with van der Waals surface area (Å²) in [5.74, 6) is 0. The molecule has 0 aliphatic heterocycles. The van der Waals surface area contributed by atoms with Crippen molar-refractivity contribution in [3.63, 3.8) is 0 Å². The molecule has 0 bridgehead atoms. The lowest BCUT2D eigenvalue weighted by molar-refractivity contribution is 1.18. The molecule has 0 unspecified atom stereocenters. The van der Waals surface area contributed by atoms with E-state index < -0.39 is 0 Å². The fourth-order valence-corrected chi connectivity index (χ4v) is 10.3. The lowest BCUT2D eigenvalue weighted by atomic mass is 9.98. The molecule has 0 N–H and O–H groups in total. The molecule has 0 amide bonds. The van der Waals surface area contributed by atoms with E-state index in [0.29, 0.717) is 0 Å². The molecule has 0 saturated carbocycles. The summed E-state index contributed by atoms with van der Waals surface area (Å²) in [5.41, 5.74) is 13.0. The quantitative estimate of drug-likeness (QED) is 0.165. The Morgan fingerprint density at radius 1 is 0.328 bits per heavy atom. The third-order valence-electron chi connectivity index (χ3n) is 11.7. The molecule has 4 heteroatoms. The third kappa shape index (κ3) is 5.05. The minimum absolute atomic E-state index is 1.14. The summed E-state index contributed by atoms with van der Waals surface area (Å²) in [6, 6.07) is 77.3. The van der Waals surface area contributed by atoms with Gasteiger partial charge in [-0.1, -0.05) is 127 Å². The van der Waals surface area contributed by atoms with E-state index in [-0.39, 0.29) is 0 Å². The molecule has 0 saturated heterocycles. The van der Waals surface area contributed by atoms with Crippen molar-refractivity contribution in [3.05, 3.63) is 212 Å². The first-order valence-corrected chi connectivity index (χ1v) is 20.6. The van der Waals surface area contributed by atoms with Crippen LogP contribution in [0.4, 0.5) is 17.1 Å². The van der Waals surface area contributed by atoms with Crippen LogP contribution in [0.1, 0.15) is 0 Å². The van der Waals surface area contributed by atoms with Crippen LogP contribution in [0.25, 0.3) is 86.3 Å². The molecule has 12 rings (SSSR count). The van der Waals surface area contributed by atoms with Crippen LogP contribution in [0.3, 0.4) is 0 Å². The van der Waals surface area contributed by atoms with Gasteiger partial charge in [-0.15, -0.1) is 11.3 Å². The standard InChI is InChI=1S/C54H35N3S/c1-4-15-37(16-5-1)55(38-17-6-2-7-18-38)40-28-31-45-46-32-29-41(35-53(46)58-52(45)34-40)57-49-25-13-11-22-47(49)54-42(23-14-26-50(54)57)36-27-30-44-43-21-10-12-24-48(43)56(51(44)33-36)39-19-8-3-9-20-39/h1-35H. The Bertz CT molecular complexity index is 3460. The number of aromatic nitrogens is 2. The van der Waals surface area contributed by atoms with E-state index in [4.69, 9.17) is 0 Å². The molecule has 0 aliphatic carbocycles. The van der Waals surface area contributed by atoms with Crippen LogP contribution in [0, 0.1) is 0 Å². The largest absolute Gasteiger partial charge is 0.310 e. The fourth-order valence-electron chi connectivity index (χ4n) is 9.17. The number of rotatable bonds is 6. The summed E-state index contributed by atoms with van der Waals surface area (Å²) < 4.78 is 7.41. The number of fused-ring (bicyclic) bond motifs is 9. The molecule has 12 aromatic rings. The van der Waals surface area contributed by atoms with Gasteiger partial charge in [-0.05, 0) is 96.1 Å². The maximum absolute atomic E-state index is 2.45. The molecule has 58 heavy (non-hydrogen) atoms. The minimum atomic E-state index is 1.14. The van der Waals surface area contributed by atoms with E-state index in [1.54, 1.807) is 0 Å². The van der Waals surface area contributed by atoms with Crippen molar-refractivity contribution in [2.45, 2.75) is 0 Å². The highest BCUT2D eigenvalue weighted by molar-refractivity contribution is 7.25. The molecular weight excluding hydrogens is 723 g/mol. The number of benzene rings is 9. The Morgan fingerprint density at radius 2 is 0.879 bits per heavy atom. The average molecular weight is 758 g/mol. The summed E-state index contributed by atoms with van der Waals surface area (Å²) in [4.78, 5) is 2.34. The Hall–Kier alpha value is -7.40. The predicted octanol–water partition coefficient (Wildman–Crippen LogP) is 15.4. The third-order valence-corrected chi connectivity index (χ3v) is 12.8. The second-order valence-corrected chi connectivity index (χ2v) is 16.0. The maximum atomic E-state index is 2.45. The lowest BCUT2D eigenvalue weighted by Gasteiger charge is -2.25. The second-order valence-electron chi connectivity index (χ2n) is 14.9. The van der Waals surface area contributed by atoms with E-state index in [1.165, 1.54) is 80.6 Å². The van der Waals surface area contributed by atoms with E-state index in [1.807, 2.05) is 11.3 Å². The molecule has 9 aromatic carbocycles. The highest BCUT2D eigenvalue weighted by atomic mass is 32.1. The normalized spacial score (nSPS) is 11.8. The van der Waals surface area contributed by atoms with Gasteiger partial charge in [0.25, 0.3) is 0 Å². The van der Waals surface area contributed by atoms with Crippen LogP contribution in [0.15, 0.2) is 212 Å². The Balaban J connectivity index is 1.02. The van der Waals surface area contributed by atoms with E-state index in [9.17, 15) is 0 Å². The molecule has 3 nitrogen and oxygen atoms in total. The molecule has 272 valence electrons. The maximum Gasteiger partial charge on any atom is 0.0547 e. The highest BCUT2D eigenvalue weighted by Gasteiger charge is 2.20. The monoisotopic (exact) mass is 757 g/mol. The number of nitrogens with zero attached hydrogens (tertiary/aromatic N) is 3. The predicted molar refractivity (Wildman–Crippen MR) is 248 cm³/mol. The van der Waals surface area contributed by atoms with E-state index in [0.717, 1.165) is 22.7 Å². The van der Waals surface area contributed by atoms with Gasteiger partial charge < -0.3 is 14.0 Å². The lowest BCUT2D eigenvalue weighted by Crippen LogP contribution is -2.09. The smallest absolute Gasteiger partial charge is 0.0547 e. The Morgan fingerprint density at radius 3 is 1.62 bits per heavy atom. The Kier molecular flexibility index (Phi) is 7.40. The van der Waals surface area contributed by atoms with Crippen LogP contribution in [0.2, 0.25) is 0 Å². The van der Waals surface area contributed by atoms with Crippen LogP contribution >= 0.6 is 11.3 Å². The minimum Gasteiger partial charge on any atom is -0.310 e. The zero-order valence-electron chi connectivity index (χ0n) is 31.5. The summed E-state index contributed by atoms with van der Waals surface area (Å²) in [6.07, 6.45) is 0. The molecule has 3 aromatic heterocycles. The molecule has 0 fully saturated rings. The molecule has 0 aliphatic rings. The first kappa shape index (κ1) is 32.8. The van der Waals surface area contributed by atoms with Crippen LogP contribution in [-0.4, -0.2) is 9.13 Å². The van der Waals surface area contributed by atoms with Gasteiger partial charge in [-0.2, -0.15) is 0 Å². The van der Waals surface area contributed by atoms with Crippen molar-refractivity contribution < 1.29 is 0 Å². The topological polar surface area (TPSA) is 13.1 Å². The van der Waals surface area contributed by atoms with Gasteiger partial charge >= 0.3 is 0 Å². The summed E-state index contributed by atoms with van der Waals surface area (Å²) in [6.45, 7) is 0. The molecule has 0 radical (unpaired) electrons. The second kappa shape index (κ2) is 13.1. The number of hydrogen-bond acceptors (Lipinski definition) is 2. The number of thiophene rings is 1. The first-order chi connectivity index (χ1) is 28.8. The van der Waals surface area contributed by atoms with Crippen molar-refractivity contribution in [1.82, 2.24) is 9.13 Å². The van der Waals surface area contributed by atoms with Gasteiger partial charge in [0.05, 0.1) is 22.1 Å². The van der Waals surface area contributed by atoms with Crippen LogP contribution in [0.5, 0.6) is 0 Å². The van der Waals surface area contributed by atoms with Gasteiger partial charge in [-0.25, -0.2) is 0 Å². The van der Waals surface area contributed by atoms with Gasteiger partial charge in [-0.3, -0.25) is 0 Å². The number of hydrogen-bond donors (Lipinski definition) is 0. The van der Waals surface area contributed by atoms with Gasteiger partial charge in [0.2, 0.25) is 0 Å². The average Bonchev–Trinajstić information content (AvgIpc) is 3.94. The highest BCUT2D eigenvalue weighted by Crippen LogP contribution is 2.44. The molecule has 3 heterocycles. The zero-order valence-corrected chi connectivity index (χ0v) is 32.3. The van der Waals surface area contributed by atoms with Crippen molar-refractivity contribution in [2.75, 3.05) is 4.90 Å². The number of para-hydroxylation sites is 5. The van der Waals surface area contributed by atoms with Crippen molar-refractivity contribution >= 4 is 92.2 Å². The van der Waals surface area contributed by atoms with Gasteiger partial charge in [0.15, 0.2) is 0 Å². The van der Waals surface area contributed by atoms with Crippen molar-refractivity contribution in [3.8, 4) is 22.5 Å². The molecule has 0 spiro atoms. The van der Waals surface area contributed by atoms with E-state index >= 15 is 0 Å².